The van der Waals surface area contributed by atoms with Gasteiger partial charge in [-0.25, -0.2) is 0 Å². The maximum atomic E-state index is 11.8. The molecule has 0 aliphatic carbocycles. The highest BCUT2D eigenvalue weighted by molar-refractivity contribution is 5.42. The Morgan fingerprint density at radius 2 is 0.822 bits per heavy atom. The highest BCUT2D eigenvalue weighted by Gasteiger charge is 2.32. The van der Waals surface area contributed by atoms with Gasteiger partial charge in [-0.2, -0.15) is 0 Å². The fourth-order valence-corrected chi connectivity index (χ4v) is 5.78. The van der Waals surface area contributed by atoms with Gasteiger partial charge in [0.2, 0.25) is 0 Å². The minimum Gasteiger partial charge on any atom is -0.497 e. The van der Waals surface area contributed by atoms with E-state index in [4.69, 9.17) is 23.7 Å². The van der Waals surface area contributed by atoms with Crippen molar-refractivity contribution in [3.8, 4) is 23.0 Å². The summed E-state index contributed by atoms with van der Waals surface area (Å²) in [5, 5.41) is 23.6. The third-order valence-electron chi connectivity index (χ3n) is 8.41. The maximum Gasteiger partial charge on any atom is 0.122 e. The quantitative estimate of drug-likeness (QED) is 0.138. The molecule has 4 unspecified atom stereocenters. The summed E-state index contributed by atoms with van der Waals surface area (Å²) in [6, 6.07) is 31.1. The average molecular weight is 615 g/mol. The largest absolute Gasteiger partial charge is 0.497 e. The summed E-state index contributed by atoms with van der Waals surface area (Å²) in [5.74, 6) is 2.23. The predicted octanol–water partition coefficient (Wildman–Crippen LogP) is 7.20. The minimum absolute atomic E-state index is 0.113. The Hall–Kier alpha value is -4.04. The van der Waals surface area contributed by atoms with Crippen LogP contribution < -0.4 is 18.9 Å². The number of benzene rings is 4. The number of hydrogen-bond acceptors (Lipinski definition) is 7. The van der Waals surface area contributed by atoms with Crippen LogP contribution in [0.15, 0.2) is 97.1 Å². The van der Waals surface area contributed by atoms with Crippen LogP contribution in [0.1, 0.15) is 60.8 Å². The lowest BCUT2D eigenvalue weighted by molar-refractivity contribution is 0.00738. The van der Waals surface area contributed by atoms with Gasteiger partial charge in [0.15, 0.2) is 0 Å². The third kappa shape index (κ3) is 9.01. The summed E-state index contributed by atoms with van der Waals surface area (Å²) >= 11 is 0. The Balaban J connectivity index is 1.57. The molecular formula is C38H46O7. The van der Waals surface area contributed by atoms with E-state index in [1.807, 2.05) is 74.5 Å². The first-order valence-electron chi connectivity index (χ1n) is 15.2. The molecule has 0 saturated carbocycles. The van der Waals surface area contributed by atoms with Crippen LogP contribution in [-0.4, -0.2) is 51.9 Å². The molecule has 7 nitrogen and oxygen atoms in total. The first kappa shape index (κ1) is 33.8. The number of aliphatic hydroxyl groups is 2. The van der Waals surface area contributed by atoms with Crippen molar-refractivity contribution in [2.75, 3.05) is 41.7 Å². The highest BCUT2D eigenvalue weighted by atomic mass is 16.5. The molecule has 0 heterocycles. The number of ether oxygens (including phenoxy) is 5. The third-order valence-corrected chi connectivity index (χ3v) is 8.41. The Morgan fingerprint density at radius 3 is 1.11 bits per heavy atom. The van der Waals surface area contributed by atoms with E-state index in [-0.39, 0.29) is 11.8 Å². The molecule has 240 valence electrons. The van der Waals surface area contributed by atoms with Gasteiger partial charge in [-0.05, 0) is 73.2 Å². The smallest absolute Gasteiger partial charge is 0.122 e. The van der Waals surface area contributed by atoms with Crippen molar-refractivity contribution >= 4 is 0 Å². The van der Waals surface area contributed by atoms with E-state index in [0.29, 0.717) is 60.2 Å². The average Bonchev–Trinajstić information content (AvgIpc) is 3.07. The lowest BCUT2D eigenvalue weighted by atomic mass is 9.82. The normalized spacial score (nSPS) is 15.3. The minimum atomic E-state index is -1.19. The molecule has 7 heteroatoms. The van der Waals surface area contributed by atoms with Crippen molar-refractivity contribution in [3.05, 3.63) is 119 Å². The molecule has 0 radical (unpaired) electrons. The van der Waals surface area contributed by atoms with Crippen LogP contribution in [0.25, 0.3) is 0 Å². The summed E-state index contributed by atoms with van der Waals surface area (Å²) in [5.41, 5.74) is 1.15. The Labute approximate surface area is 267 Å². The van der Waals surface area contributed by atoms with Crippen molar-refractivity contribution in [2.45, 2.75) is 49.7 Å². The molecule has 0 aromatic heterocycles. The van der Waals surface area contributed by atoms with Crippen molar-refractivity contribution in [1.82, 2.24) is 0 Å². The Morgan fingerprint density at radius 1 is 0.511 bits per heavy atom. The molecule has 0 amide bonds. The van der Waals surface area contributed by atoms with Crippen LogP contribution in [0, 0.1) is 0 Å². The molecule has 0 spiro atoms. The first-order valence-corrected chi connectivity index (χ1v) is 15.2. The molecule has 45 heavy (non-hydrogen) atoms. The van der Waals surface area contributed by atoms with E-state index >= 15 is 0 Å². The zero-order valence-corrected chi connectivity index (χ0v) is 27.2. The van der Waals surface area contributed by atoms with Gasteiger partial charge in [-0.15, -0.1) is 0 Å². The van der Waals surface area contributed by atoms with E-state index in [1.54, 1.807) is 40.6 Å². The second-order valence-corrected chi connectivity index (χ2v) is 11.9. The van der Waals surface area contributed by atoms with Crippen LogP contribution in [-0.2, 0) is 15.9 Å². The predicted molar refractivity (Wildman–Crippen MR) is 177 cm³/mol. The van der Waals surface area contributed by atoms with Gasteiger partial charge in [0, 0.05) is 24.0 Å². The maximum absolute atomic E-state index is 11.8. The lowest BCUT2D eigenvalue weighted by Crippen LogP contribution is -2.28. The fourth-order valence-electron chi connectivity index (χ4n) is 5.78. The fraction of sp³-hybridized carbons (Fsp3) is 0.368. The van der Waals surface area contributed by atoms with Gasteiger partial charge < -0.3 is 33.9 Å². The van der Waals surface area contributed by atoms with Crippen LogP contribution in [0.3, 0.4) is 0 Å². The number of methoxy groups -OCH3 is 4. The van der Waals surface area contributed by atoms with E-state index in [1.165, 1.54) is 0 Å². The molecule has 0 saturated heterocycles. The summed E-state index contributed by atoms with van der Waals surface area (Å²) < 4.78 is 28.3. The van der Waals surface area contributed by atoms with Gasteiger partial charge in [0.1, 0.15) is 23.0 Å². The molecule has 0 bridgehead atoms. The zero-order chi connectivity index (χ0) is 32.5. The van der Waals surface area contributed by atoms with Gasteiger partial charge in [-0.3, -0.25) is 0 Å². The van der Waals surface area contributed by atoms with Crippen LogP contribution in [0.5, 0.6) is 23.0 Å². The van der Waals surface area contributed by atoms with Gasteiger partial charge in [-0.1, -0.05) is 60.7 Å². The molecule has 4 rings (SSSR count). The zero-order valence-electron chi connectivity index (χ0n) is 27.2. The SMILES string of the molecule is COc1cc(OC)cc(C(C)(O)CC(COCC(CC(C)(O)c2cc(OC)cc(OC)c2)c2ccccc2)c2ccccc2)c1. The van der Waals surface area contributed by atoms with E-state index in [2.05, 4.69) is 24.3 Å². The van der Waals surface area contributed by atoms with E-state index in [9.17, 15) is 10.2 Å². The first-order chi connectivity index (χ1) is 21.6. The van der Waals surface area contributed by atoms with Crippen LogP contribution in [0.4, 0.5) is 0 Å². The molecule has 4 atom stereocenters. The van der Waals surface area contributed by atoms with Gasteiger partial charge in [0.25, 0.3) is 0 Å². The van der Waals surface area contributed by atoms with Crippen LogP contribution >= 0.6 is 0 Å². The Kier molecular flexibility index (Phi) is 11.5. The summed E-state index contributed by atoms with van der Waals surface area (Å²) in [4.78, 5) is 0. The topological polar surface area (TPSA) is 86.6 Å². The standard InChI is InChI=1S/C38H46O7/c1-37(39,31-17-33(41-3)21-34(18-31)42-4)23-29(27-13-9-7-10-14-27)25-45-26-30(28-15-11-8-12-16-28)24-38(2,40)32-19-35(43-5)22-36(20-32)44-6/h7-22,29-30,39-40H,23-26H2,1-6H3. The van der Waals surface area contributed by atoms with Crippen molar-refractivity contribution < 1.29 is 33.9 Å². The molecule has 4 aromatic rings. The van der Waals surface area contributed by atoms with E-state index < -0.39 is 11.2 Å². The molecule has 0 aliphatic heterocycles. The lowest BCUT2D eigenvalue weighted by Gasteiger charge is -2.32. The monoisotopic (exact) mass is 614 g/mol. The van der Waals surface area contributed by atoms with Crippen molar-refractivity contribution in [3.63, 3.8) is 0 Å². The summed E-state index contributed by atoms with van der Waals surface area (Å²) in [6.07, 6.45) is 0.815. The Bertz CT molecular complexity index is 1330. The number of hydrogen-bond donors (Lipinski definition) is 2. The van der Waals surface area contributed by atoms with Crippen molar-refractivity contribution in [1.29, 1.82) is 0 Å². The molecule has 2 N–H and O–H groups in total. The van der Waals surface area contributed by atoms with E-state index in [0.717, 1.165) is 11.1 Å². The van der Waals surface area contributed by atoms with Gasteiger partial charge in [0.05, 0.1) is 52.9 Å². The summed E-state index contributed by atoms with van der Waals surface area (Å²) in [7, 11) is 6.39. The summed E-state index contributed by atoms with van der Waals surface area (Å²) in [6.45, 7) is 4.37. The highest BCUT2D eigenvalue weighted by Crippen LogP contribution is 2.39. The van der Waals surface area contributed by atoms with Gasteiger partial charge >= 0.3 is 0 Å². The second kappa shape index (κ2) is 15.3. The molecular weight excluding hydrogens is 568 g/mol. The second-order valence-electron chi connectivity index (χ2n) is 11.9. The molecule has 0 aliphatic rings. The molecule has 0 fully saturated rings. The number of rotatable bonds is 16. The van der Waals surface area contributed by atoms with Crippen molar-refractivity contribution in [2.24, 2.45) is 0 Å². The molecule has 4 aromatic carbocycles. The van der Waals surface area contributed by atoms with Crippen LogP contribution in [0.2, 0.25) is 0 Å².